The molecule has 5 nitrogen and oxygen atoms in total. The number of amides is 1. The van der Waals surface area contributed by atoms with E-state index in [-0.39, 0.29) is 6.54 Å². The second kappa shape index (κ2) is 6.96. The molecule has 0 heterocycles. The normalized spacial score (nSPS) is 12.4. The Bertz CT molecular complexity index is 516. The summed E-state index contributed by atoms with van der Waals surface area (Å²) in [6.45, 7) is 0.893. The molecule has 1 aromatic rings. The van der Waals surface area contributed by atoms with Gasteiger partial charge in [-0.25, -0.2) is 0 Å². The number of halogens is 3. The molecule has 1 N–H and O–H groups in total. The molecule has 1 aromatic carbocycles. The van der Waals surface area contributed by atoms with Gasteiger partial charge in [0.05, 0.1) is 12.7 Å². The molecular weight excluding hydrogens is 291 g/mol. The summed E-state index contributed by atoms with van der Waals surface area (Å²) in [6, 6.07) is 4.56. The Morgan fingerprint density at radius 1 is 1.29 bits per heavy atom. The first-order chi connectivity index (χ1) is 9.75. The third-order valence-corrected chi connectivity index (χ3v) is 2.50. The van der Waals surface area contributed by atoms with Gasteiger partial charge in [0, 0.05) is 0 Å². The van der Waals surface area contributed by atoms with E-state index in [1.165, 1.54) is 19.1 Å². The van der Waals surface area contributed by atoms with E-state index in [1.54, 1.807) is 0 Å². The summed E-state index contributed by atoms with van der Waals surface area (Å²) in [6.07, 6.45) is -5.78. The van der Waals surface area contributed by atoms with Gasteiger partial charge in [-0.1, -0.05) is 12.1 Å². The predicted octanol–water partition coefficient (Wildman–Crippen LogP) is 1.76. The zero-order chi connectivity index (χ0) is 16.0. The van der Waals surface area contributed by atoms with Crippen LogP contribution in [0.3, 0.4) is 0 Å². The molecule has 0 saturated heterocycles. The number of hydrogen-bond donors (Lipinski definition) is 1. The number of carbonyl (C=O) groups excluding carboxylic acids is 2. The van der Waals surface area contributed by atoms with Gasteiger partial charge in [-0.05, 0) is 19.1 Å². The maximum atomic E-state index is 12.8. The number of esters is 1. The fraction of sp³-hybridized carbons (Fsp3) is 0.385. The van der Waals surface area contributed by atoms with Crippen molar-refractivity contribution < 1.29 is 32.2 Å². The molecule has 116 valence electrons. The summed E-state index contributed by atoms with van der Waals surface area (Å²) in [4.78, 5) is 22.5. The molecule has 0 aliphatic carbocycles. The summed E-state index contributed by atoms with van der Waals surface area (Å²) in [5, 5.41) is 2.19. The van der Waals surface area contributed by atoms with E-state index in [0.717, 1.165) is 19.2 Å². The van der Waals surface area contributed by atoms with E-state index < -0.39 is 35.5 Å². The third kappa shape index (κ3) is 4.97. The van der Waals surface area contributed by atoms with Crippen LogP contribution in [0.1, 0.15) is 12.5 Å². The lowest BCUT2D eigenvalue weighted by atomic mass is 10.2. The minimum atomic E-state index is -4.58. The molecule has 0 spiro atoms. The number of nitrogens with one attached hydrogen (secondary N) is 1. The van der Waals surface area contributed by atoms with Crippen LogP contribution < -0.4 is 10.1 Å². The van der Waals surface area contributed by atoms with E-state index >= 15 is 0 Å². The third-order valence-electron chi connectivity index (χ3n) is 2.50. The van der Waals surface area contributed by atoms with E-state index in [0.29, 0.717) is 0 Å². The minimum absolute atomic E-state index is 0.385. The lowest BCUT2D eigenvalue weighted by molar-refractivity contribution is -0.142. The molecule has 1 rings (SSSR count). The summed E-state index contributed by atoms with van der Waals surface area (Å²) >= 11 is 0. The van der Waals surface area contributed by atoms with Gasteiger partial charge in [-0.2, -0.15) is 13.2 Å². The van der Waals surface area contributed by atoms with Crippen molar-refractivity contribution in [2.45, 2.75) is 19.2 Å². The number of carbonyl (C=O) groups is 2. The van der Waals surface area contributed by atoms with Gasteiger partial charge in [0.15, 0.2) is 6.10 Å². The van der Waals surface area contributed by atoms with Crippen molar-refractivity contribution in [3.63, 3.8) is 0 Å². The highest BCUT2D eigenvalue weighted by molar-refractivity contribution is 5.84. The summed E-state index contributed by atoms with van der Waals surface area (Å²) < 4.78 is 47.6. The minimum Gasteiger partial charge on any atom is -0.480 e. The molecule has 8 heteroatoms. The average molecular weight is 305 g/mol. The molecule has 1 amide bonds. The molecule has 0 aliphatic heterocycles. The quantitative estimate of drug-likeness (QED) is 0.842. The van der Waals surface area contributed by atoms with Crippen molar-refractivity contribution in [3.8, 4) is 5.75 Å². The molecule has 0 fully saturated rings. The van der Waals surface area contributed by atoms with E-state index in [2.05, 4.69) is 10.1 Å². The van der Waals surface area contributed by atoms with Gasteiger partial charge in [0.2, 0.25) is 0 Å². The van der Waals surface area contributed by atoms with E-state index in [9.17, 15) is 22.8 Å². The smallest absolute Gasteiger partial charge is 0.419 e. The van der Waals surface area contributed by atoms with Crippen LogP contribution in [0.5, 0.6) is 5.75 Å². The van der Waals surface area contributed by atoms with E-state index in [1.807, 2.05) is 0 Å². The van der Waals surface area contributed by atoms with Crippen molar-refractivity contribution in [1.82, 2.24) is 5.32 Å². The van der Waals surface area contributed by atoms with Crippen LogP contribution in [0.15, 0.2) is 24.3 Å². The van der Waals surface area contributed by atoms with Crippen LogP contribution in [0.2, 0.25) is 0 Å². The van der Waals surface area contributed by atoms with Crippen molar-refractivity contribution in [2.24, 2.45) is 0 Å². The SMILES string of the molecule is COC(=O)CNC(=O)[C@@H](C)Oc1ccccc1C(F)(F)F. The topological polar surface area (TPSA) is 64.6 Å². The standard InChI is InChI=1S/C13H14F3NO4/c1-8(12(19)17-7-11(18)20-2)21-10-6-4-3-5-9(10)13(14,15)16/h3-6,8H,7H2,1-2H3,(H,17,19)/t8-/m1/s1. The van der Waals surface area contributed by atoms with Crippen molar-refractivity contribution in [2.75, 3.05) is 13.7 Å². The van der Waals surface area contributed by atoms with Crippen LogP contribution in [0.4, 0.5) is 13.2 Å². The fourth-order valence-electron chi connectivity index (χ4n) is 1.42. The molecule has 0 saturated carbocycles. The van der Waals surface area contributed by atoms with Gasteiger partial charge in [-0.3, -0.25) is 9.59 Å². The largest absolute Gasteiger partial charge is 0.480 e. The van der Waals surface area contributed by atoms with Gasteiger partial charge in [0.1, 0.15) is 12.3 Å². The number of methoxy groups -OCH3 is 1. The highest BCUT2D eigenvalue weighted by Gasteiger charge is 2.34. The molecular formula is C13H14F3NO4. The number of rotatable bonds is 5. The monoisotopic (exact) mass is 305 g/mol. The molecule has 1 atom stereocenters. The molecule has 0 aliphatic rings. The Kier molecular flexibility index (Phi) is 5.57. The van der Waals surface area contributed by atoms with Crippen molar-refractivity contribution in [3.05, 3.63) is 29.8 Å². The summed E-state index contributed by atoms with van der Waals surface area (Å²) in [5.74, 6) is -1.85. The summed E-state index contributed by atoms with van der Waals surface area (Å²) in [5.41, 5.74) is -0.974. The number of para-hydroxylation sites is 1. The zero-order valence-corrected chi connectivity index (χ0v) is 11.4. The van der Waals surface area contributed by atoms with Crippen molar-refractivity contribution in [1.29, 1.82) is 0 Å². The molecule has 0 unspecified atom stereocenters. The Morgan fingerprint density at radius 2 is 1.90 bits per heavy atom. The van der Waals surface area contributed by atoms with Gasteiger partial charge in [0.25, 0.3) is 5.91 Å². The Balaban J connectivity index is 2.73. The Labute approximate surface area is 119 Å². The average Bonchev–Trinajstić information content (AvgIpc) is 2.43. The first kappa shape index (κ1) is 16.8. The van der Waals surface area contributed by atoms with Crippen LogP contribution in [-0.2, 0) is 20.5 Å². The number of ether oxygens (including phenoxy) is 2. The van der Waals surface area contributed by atoms with Crippen LogP contribution in [-0.4, -0.2) is 31.6 Å². The zero-order valence-electron chi connectivity index (χ0n) is 11.4. The molecule has 0 bridgehead atoms. The number of benzene rings is 1. The van der Waals surface area contributed by atoms with Gasteiger partial charge in [-0.15, -0.1) is 0 Å². The second-order valence-corrected chi connectivity index (χ2v) is 4.05. The maximum Gasteiger partial charge on any atom is 0.419 e. The van der Waals surface area contributed by atoms with Gasteiger partial charge >= 0.3 is 12.1 Å². The fourth-order valence-corrected chi connectivity index (χ4v) is 1.42. The first-order valence-corrected chi connectivity index (χ1v) is 5.93. The predicted molar refractivity (Wildman–Crippen MR) is 66.6 cm³/mol. The Hall–Kier alpha value is -2.25. The second-order valence-electron chi connectivity index (χ2n) is 4.05. The van der Waals surface area contributed by atoms with Crippen LogP contribution in [0.25, 0.3) is 0 Å². The van der Waals surface area contributed by atoms with Gasteiger partial charge < -0.3 is 14.8 Å². The summed E-state index contributed by atoms with van der Waals surface area (Å²) in [7, 11) is 1.15. The van der Waals surface area contributed by atoms with E-state index in [4.69, 9.17) is 4.74 Å². The number of alkyl halides is 3. The molecule has 0 radical (unpaired) electrons. The highest BCUT2D eigenvalue weighted by atomic mass is 19.4. The van der Waals surface area contributed by atoms with Crippen LogP contribution in [0, 0.1) is 0 Å². The van der Waals surface area contributed by atoms with Crippen LogP contribution >= 0.6 is 0 Å². The molecule has 21 heavy (non-hydrogen) atoms. The molecule has 0 aromatic heterocycles. The lowest BCUT2D eigenvalue weighted by Crippen LogP contribution is -2.39. The number of hydrogen-bond acceptors (Lipinski definition) is 4. The van der Waals surface area contributed by atoms with Crippen molar-refractivity contribution >= 4 is 11.9 Å². The first-order valence-electron chi connectivity index (χ1n) is 5.93. The lowest BCUT2D eigenvalue weighted by Gasteiger charge is -2.18. The Morgan fingerprint density at radius 3 is 2.48 bits per heavy atom. The maximum absolute atomic E-state index is 12.8. The highest BCUT2D eigenvalue weighted by Crippen LogP contribution is 2.36.